The Hall–Kier alpha value is -2.03. The second-order valence-electron chi connectivity index (χ2n) is 5.51. The van der Waals surface area contributed by atoms with Crippen molar-refractivity contribution in [3.05, 3.63) is 47.3 Å². The van der Waals surface area contributed by atoms with E-state index in [1.807, 2.05) is 0 Å². The van der Waals surface area contributed by atoms with Gasteiger partial charge in [0.15, 0.2) is 0 Å². The minimum atomic E-state index is 0.412. The van der Waals surface area contributed by atoms with E-state index in [4.69, 9.17) is 0 Å². The molecule has 0 fully saturated rings. The number of anilines is 3. The molecule has 0 amide bonds. The van der Waals surface area contributed by atoms with Gasteiger partial charge in [-0.05, 0) is 37.6 Å². The van der Waals surface area contributed by atoms with Gasteiger partial charge in [0, 0.05) is 19.2 Å². The first-order valence-corrected chi connectivity index (χ1v) is 6.75. The quantitative estimate of drug-likeness (QED) is 0.717. The van der Waals surface area contributed by atoms with Crippen LogP contribution in [0, 0.1) is 13.8 Å². The Morgan fingerprint density at radius 1 is 1.16 bits per heavy atom. The van der Waals surface area contributed by atoms with Crippen molar-refractivity contribution in [1.82, 2.24) is 4.98 Å². The van der Waals surface area contributed by atoms with Crippen molar-refractivity contribution in [1.29, 1.82) is 0 Å². The van der Waals surface area contributed by atoms with E-state index >= 15 is 0 Å². The maximum atomic E-state index is 4.64. The molecule has 0 spiro atoms. The number of para-hydroxylation sites is 2. The van der Waals surface area contributed by atoms with E-state index in [9.17, 15) is 0 Å². The Labute approximate surface area is 113 Å². The number of nitrogens with zero attached hydrogens (tertiary/aromatic N) is 3. The second kappa shape index (κ2) is 3.50. The molecular weight excluding hydrogens is 234 g/mol. The number of fused-ring (bicyclic) bond motifs is 5. The fourth-order valence-corrected chi connectivity index (χ4v) is 3.54. The van der Waals surface area contributed by atoms with Gasteiger partial charge in [-0.2, -0.15) is 0 Å². The van der Waals surface area contributed by atoms with Crippen LogP contribution in [-0.4, -0.2) is 18.2 Å². The first-order valence-electron chi connectivity index (χ1n) is 6.75. The molecule has 3 heterocycles. The lowest BCUT2D eigenvalue weighted by atomic mass is 10.1. The average Bonchev–Trinajstić information content (AvgIpc) is 2.87. The van der Waals surface area contributed by atoms with Crippen LogP contribution in [0.2, 0.25) is 0 Å². The van der Waals surface area contributed by atoms with Gasteiger partial charge in [-0.1, -0.05) is 12.1 Å². The van der Waals surface area contributed by atoms with Crippen LogP contribution >= 0.6 is 0 Å². The van der Waals surface area contributed by atoms with Gasteiger partial charge in [0.25, 0.3) is 0 Å². The van der Waals surface area contributed by atoms with Gasteiger partial charge in [-0.3, -0.25) is 4.98 Å². The molecular formula is C16H17N3. The van der Waals surface area contributed by atoms with Crippen molar-refractivity contribution >= 4 is 17.1 Å². The topological polar surface area (TPSA) is 19.4 Å². The summed E-state index contributed by atoms with van der Waals surface area (Å²) in [5, 5.41) is 0. The molecule has 2 aliphatic heterocycles. The van der Waals surface area contributed by atoms with Gasteiger partial charge in [-0.25, -0.2) is 0 Å². The van der Waals surface area contributed by atoms with Gasteiger partial charge in [-0.15, -0.1) is 0 Å². The largest absolute Gasteiger partial charge is 0.352 e. The summed E-state index contributed by atoms with van der Waals surface area (Å²) in [7, 11) is 2.19. The molecule has 19 heavy (non-hydrogen) atoms. The summed E-state index contributed by atoms with van der Waals surface area (Å²) >= 11 is 0. The molecule has 3 nitrogen and oxygen atoms in total. The van der Waals surface area contributed by atoms with Crippen LogP contribution in [0.25, 0.3) is 0 Å². The fraction of sp³-hybridized carbons (Fsp3) is 0.312. The molecule has 4 rings (SSSR count). The van der Waals surface area contributed by atoms with E-state index in [0.717, 1.165) is 17.8 Å². The molecule has 2 aliphatic rings. The SMILES string of the molecule is Cc1cc2c(c(C)n1)N1c3ccccc3N(C)C1C2. The standard InChI is InChI=1S/C16H17N3/c1-10-8-12-9-15-18(3)13-6-4-5-7-14(13)19(15)16(12)11(2)17-10/h4-8,15H,9H2,1-3H3. The molecule has 1 aromatic heterocycles. The van der Waals surface area contributed by atoms with Crippen molar-refractivity contribution in [2.75, 3.05) is 16.8 Å². The monoisotopic (exact) mass is 251 g/mol. The highest BCUT2D eigenvalue weighted by Gasteiger charge is 2.41. The molecule has 3 heteroatoms. The van der Waals surface area contributed by atoms with Crippen molar-refractivity contribution in [2.45, 2.75) is 26.4 Å². The number of pyridine rings is 1. The van der Waals surface area contributed by atoms with Crippen LogP contribution in [0.1, 0.15) is 17.0 Å². The van der Waals surface area contributed by atoms with Crippen LogP contribution in [0.5, 0.6) is 0 Å². The Kier molecular flexibility index (Phi) is 2.00. The van der Waals surface area contributed by atoms with Gasteiger partial charge < -0.3 is 9.80 Å². The van der Waals surface area contributed by atoms with Crippen molar-refractivity contribution in [3.8, 4) is 0 Å². The molecule has 96 valence electrons. The Morgan fingerprint density at radius 2 is 1.89 bits per heavy atom. The average molecular weight is 251 g/mol. The van der Waals surface area contributed by atoms with E-state index < -0.39 is 0 Å². The fourth-order valence-electron chi connectivity index (χ4n) is 3.54. The number of aryl methyl sites for hydroxylation is 2. The Bertz CT molecular complexity index is 678. The van der Waals surface area contributed by atoms with Crippen LogP contribution in [-0.2, 0) is 6.42 Å². The zero-order valence-corrected chi connectivity index (χ0v) is 11.5. The second-order valence-corrected chi connectivity index (χ2v) is 5.51. The highest BCUT2D eigenvalue weighted by molar-refractivity contribution is 5.87. The highest BCUT2D eigenvalue weighted by Crippen LogP contribution is 2.50. The zero-order valence-electron chi connectivity index (χ0n) is 11.5. The first-order chi connectivity index (χ1) is 9.16. The summed E-state index contributed by atoms with van der Waals surface area (Å²) in [5.41, 5.74) is 7.63. The van der Waals surface area contributed by atoms with Crippen LogP contribution < -0.4 is 9.80 Å². The van der Waals surface area contributed by atoms with Crippen LogP contribution in [0.3, 0.4) is 0 Å². The molecule has 0 bridgehead atoms. The molecule has 0 aliphatic carbocycles. The van der Waals surface area contributed by atoms with Gasteiger partial charge in [0.2, 0.25) is 0 Å². The molecule has 0 saturated heterocycles. The Balaban J connectivity index is 1.96. The van der Waals surface area contributed by atoms with Crippen molar-refractivity contribution in [2.24, 2.45) is 0 Å². The first kappa shape index (κ1) is 10.9. The van der Waals surface area contributed by atoms with Crippen molar-refractivity contribution in [3.63, 3.8) is 0 Å². The normalized spacial score (nSPS) is 19.4. The molecule has 0 N–H and O–H groups in total. The summed E-state index contributed by atoms with van der Waals surface area (Å²) in [4.78, 5) is 9.47. The number of aromatic nitrogens is 1. The van der Waals surface area contributed by atoms with Crippen LogP contribution in [0.15, 0.2) is 30.3 Å². The van der Waals surface area contributed by atoms with E-state index in [1.54, 1.807) is 0 Å². The number of benzene rings is 1. The van der Waals surface area contributed by atoms with Gasteiger partial charge in [0.05, 0.1) is 22.8 Å². The molecule has 0 saturated carbocycles. The summed E-state index contributed by atoms with van der Waals surface area (Å²) in [5.74, 6) is 0. The summed E-state index contributed by atoms with van der Waals surface area (Å²) in [6.45, 7) is 4.20. The molecule has 0 radical (unpaired) electrons. The lowest BCUT2D eigenvalue weighted by molar-refractivity contribution is 0.703. The third-order valence-electron chi connectivity index (χ3n) is 4.28. The predicted octanol–water partition coefficient (Wildman–Crippen LogP) is 3.17. The smallest absolute Gasteiger partial charge is 0.110 e. The maximum absolute atomic E-state index is 4.64. The van der Waals surface area contributed by atoms with Crippen molar-refractivity contribution < 1.29 is 0 Å². The third kappa shape index (κ3) is 1.30. The molecule has 1 unspecified atom stereocenters. The zero-order chi connectivity index (χ0) is 13.1. The number of hydrogen-bond acceptors (Lipinski definition) is 3. The predicted molar refractivity (Wildman–Crippen MR) is 78.2 cm³/mol. The lowest BCUT2D eigenvalue weighted by Crippen LogP contribution is -2.36. The Morgan fingerprint density at radius 3 is 2.68 bits per heavy atom. The number of rotatable bonds is 0. The van der Waals surface area contributed by atoms with E-state index in [2.05, 4.69) is 66.0 Å². The minimum Gasteiger partial charge on any atom is -0.352 e. The number of likely N-dealkylation sites (N-methyl/N-ethyl adjacent to an activating group) is 1. The lowest BCUT2D eigenvalue weighted by Gasteiger charge is -2.24. The third-order valence-corrected chi connectivity index (χ3v) is 4.28. The minimum absolute atomic E-state index is 0.412. The highest BCUT2D eigenvalue weighted by atomic mass is 15.4. The van der Waals surface area contributed by atoms with Gasteiger partial charge >= 0.3 is 0 Å². The van der Waals surface area contributed by atoms with Crippen LogP contribution in [0.4, 0.5) is 17.1 Å². The maximum Gasteiger partial charge on any atom is 0.110 e. The molecule has 1 aromatic carbocycles. The summed E-state index contributed by atoms with van der Waals surface area (Å²) in [6, 6.07) is 10.9. The van der Waals surface area contributed by atoms with E-state index in [0.29, 0.717) is 6.17 Å². The van der Waals surface area contributed by atoms with Gasteiger partial charge in [0.1, 0.15) is 6.17 Å². The molecule has 2 aromatic rings. The number of hydrogen-bond donors (Lipinski definition) is 0. The summed E-state index contributed by atoms with van der Waals surface area (Å²) in [6.07, 6.45) is 1.49. The summed E-state index contributed by atoms with van der Waals surface area (Å²) < 4.78 is 0. The van der Waals surface area contributed by atoms with E-state index in [-0.39, 0.29) is 0 Å². The van der Waals surface area contributed by atoms with E-state index in [1.165, 1.54) is 22.6 Å². The molecule has 1 atom stereocenters.